The summed E-state index contributed by atoms with van der Waals surface area (Å²) in [5, 5.41) is 8.87. The molecule has 2 aromatic rings. The van der Waals surface area contributed by atoms with Crippen molar-refractivity contribution in [3.8, 4) is 0 Å². The van der Waals surface area contributed by atoms with Crippen LogP contribution in [0.1, 0.15) is 40.2 Å². The lowest BCUT2D eigenvalue weighted by Crippen LogP contribution is -2.31. The number of carbonyl (C=O) groups is 1. The number of hydrogen-bond donors (Lipinski definition) is 2. The molecule has 3 heterocycles. The molecule has 2 N–H and O–H groups in total. The average molecular weight is 279 g/mol. The topological polar surface area (TPSA) is 94.7 Å². The van der Waals surface area contributed by atoms with Crippen molar-refractivity contribution >= 4 is 17.2 Å². The Balaban J connectivity index is 1.87. The molecule has 0 saturated carbocycles. The van der Waals surface area contributed by atoms with Crippen molar-refractivity contribution in [3.63, 3.8) is 0 Å². The third kappa shape index (κ3) is 2.19. The minimum Gasteiger partial charge on any atom is -0.327 e. The summed E-state index contributed by atoms with van der Waals surface area (Å²) in [6, 6.07) is -0.0161. The Labute approximate surface area is 112 Å². The maximum atomic E-state index is 12.3. The molecule has 0 bridgehead atoms. The molecule has 0 spiro atoms. The number of aromatic amines is 2. The molecular formula is C11H13N5O2S. The molecule has 0 aromatic carbocycles. The molecule has 19 heavy (non-hydrogen) atoms. The molecular weight excluding hydrogens is 266 g/mol. The molecule has 1 fully saturated rings. The van der Waals surface area contributed by atoms with Crippen LogP contribution in [0.25, 0.3) is 0 Å². The highest BCUT2D eigenvalue weighted by atomic mass is 32.1. The maximum Gasteiger partial charge on any atom is 0.341 e. The molecule has 0 aliphatic carbocycles. The van der Waals surface area contributed by atoms with E-state index in [0.717, 1.165) is 23.5 Å². The second kappa shape index (κ2) is 4.61. The smallest absolute Gasteiger partial charge is 0.327 e. The van der Waals surface area contributed by atoms with Crippen molar-refractivity contribution in [2.45, 2.75) is 25.8 Å². The number of hydrogen-bond acceptors (Lipinski definition) is 5. The molecule has 100 valence electrons. The van der Waals surface area contributed by atoms with Gasteiger partial charge in [-0.05, 0) is 19.8 Å². The third-order valence-electron chi connectivity index (χ3n) is 3.20. The Morgan fingerprint density at radius 2 is 2.42 bits per heavy atom. The van der Waals surface area contributed by atoms with Gasteiger partial charge in [0.2, 0.25) is 5.82 Å². The van der Waals surface area contributed by atoms with Crippen LogP contribution in [0.4, 0.5) is 0 Å². The largest absolute Gasteiger partial charge is 0.341 e. The van der Waals surface area contributed by atoms with Crippen LogP contribution in [0.15, 0.2) is 10.2 Å². The molecule has 1 atom stereocenters. The molecule has 7 nitrogen and oxygen atoms in total. The second-order valence-electron chi connectivity index (χ2n) is 4.47. The van der Waals surface area contributed by atoms with Crippen LogP contribution < -0.4 is 5.69 Å². The normalized spacial score (nSPS) is 19.0. The molecule has 1 aliphatic rings. The number of H-pyrrole nitrogens is 2. The zero-order valence-corrected chi connectivity index (χ0v) is 11.2. The lowest BCUT2D eigenvalue weighted by atomic mass is 10.1. The van der Waals surface area contributed by atoms with Crippen molar-refractivity contribution in [1.82, 2.24) is 25.1 Å². The number of likely N-dealkylation sites (tertiary alicyclic amines) is 1. The van der Waals surface area contributed by atoms with Crippen LogP contribution in [0.3, 0.4) is 0 Å². The summed E-state index contributed by atoms with van der Waals surface area (Å²) in [6.45, 7) is 2.61. The summed E-state index contributed by atoms with van der Waals surface area (Å²) in [4.78, 5) is 31.9. The number of carbonyl (C=O) groups excluding carboxylic acids is 1. The van der Waals surface area contributed by atoms with Gasteiger partial charge < -0.3 is 4.90 Å². The fraction of sp³-hybridized carbons (Fsp3) is 0.455. The predicted octanol–water partition coefficient (Wildman–Crippen LogP) is 0.840. The van der Waals surface area contributed by atoms with E-state index in [4.69, 9.17) is 0 Å². The van der Waals surface area contributed by atoms with Crippen molar-refractivity contribution < 1.29 is 4.79 Å². The molecule has 1 aliphatic heterocycles. The Kier molecular flexibility index (Phi) is 2.94. The molecule has 1 saturated heterocycles. The van der Waals surface area contributed by atoms with E-state index >= 15 is 0 Å². The van der Waals surface area contributed by atoms with Crippen LogP contribution >= 0.6 is 11.3 Å². The minimum atomic E-state index is -0.469. The van der Waals surface area contributed by atoms with Gasteiger partial charge in [-0.25, -0.2) is 14.9 Å². The van der Waals surface area contributed by atoms with Crippen LogP contribution in [0.5, 0.6) is 0 Å². The van der Waals surface area contributed by atoms with Crippen LogP contribution in [-0.2, 0) is 0 Å². The summed E-state index contributed by atoms with van der Waals surface area (Å²) < 4.78 is 0. The number of nitrogens with zero attached hydrogens (tertiary/aromatic N) is 3. The van der Waals surface area contributed by atoms with E-state index in [1.165, 1.54) is 0 Å². The van der Waals surface area contributed by atoms with E-state index in [9.17, 15) is 9.59 Å². The molecule has 8 heteroatoms. The number of aromatic nitrogens is 4. The van der Waals surface area contributed by atoms with E-state index in [1.54, 1.807) is 16.2 Å². The summed E-state index contributed by atoms with van der Waals surface area (Å²) in [7, 11) is 0. The quantitative estimate of drug-likeness (QED) is 0.851. The number of rotatable bonds is 2. The third-order valence-corrected chi connectivity index (χ3v) is 3.99. The first kappa shape index (κ1) is 12.1. The number of nitrogens with one attached hydrogen (secondary N) is 2. The molecule has 1 amide bonds. The SMILES string of the molecule is Cc1nc(C2CCCN2C(=O)c2n[nH]c(=O)[nH]2)cs1. The Morgan fingerprint density at radius 3 is 3.05 bits per heavy atom. The van der Waals surface area contributed by atoms with Gasteiger partial charge in [-0.1, -0.05) is 0 Å². The average Bonchev–Trinajstić information content (AvgIpc) is 3.07. The highest BCUT2D eigenvalue weighted by Gasteiger charge is 2.33. The highest BCUT2D eigenvalue weighted by Crippen LogP contribution is 2.32. The second-order valence-corrected chi connectivity index (χ2v) is 5.54. The minimum absolute atomic E-state index is 0.0161. The van der Waals surface area contributed by atoms with E-state index in [0.29, 0.717) is 6.54 Å². The van der Waals surface area contributed by atoms with Gasteiger partial charge in [-0.15, -0.1) is 16.4 Å². The van der Waals surface area contributed by atoms with Crippen molar-refractivity contribution in [3.05, 3.63) is 32.4 Å². The maximum absolute atomic E-state index is 12.3. The van der Waals surface area contributed by atoms with Gasteiger partial charge in [-0.3, -0.25) is 9.78 Å². The summed E-state index contributed by atoms with van der Waals surface area (Å²) in [6.07, 6.45) is 1.82. The Hall–Kier alpha value is -1.96. The molecule has 2 aromatic heterocycles. The number of aryl methyl sites for hydroxylation is 1. The first-order valence-electron chi connectivity index (χ1n) is 6.03. The molecule has 1 unspecified atom stereocenters. The Morgan fingerprint density at radius 1 is 1.58 bits per heavy atom. The van der Waals surface area contributed by atoms with Gasteiger partial charge in [-0.2, -0.15) is 0 Å². The molecule has 3 rings (SSSR count). The van der Waals surface area contributed by atoms with Crippen molar-refractivity contribution in [2.75, 3.05) is 6.54 Å². The first-order chi connectivity index (χ1) is 9.15. The summed E-state index contributed by atoms with van der Waals surface area (Å²) in [5.41, 5.74) is 0.454. The van der Waals surface area contributed by atoms with Gasteiger partial charge in [0.1, 0.15) is 0 Å². The van der Waals surface area contributed by atoms with Gasteiger partial charge in [0.15, 0.2) is 0 Å². The first-order valence-corrected chi connectivity index (χ1v) is 6.91. The summed E-state index contributed by atoms with van der Waals surface area (Å²) in [5.74, 6) is -0.199. The fourth-order valence-electron chi connectivity index (χ4n) is 2.36. The lowest BCUT2D eigenvalue weighted by molar-refractivity contribution is 0.0721. The number of thiazole rings is 1. The molecule has 0 radical (unpaired) electrons. The van der Waals surface area contributed by atoms with E-state index in [2.05, 4.69) is 20.2 Å². The highest BCUT2D eigenvalue weighted by molar-refractivity contribution is 7.09. The van der Waals surface area contributed by atoms with Crippen LogP contribution in [-0.4, -0.2) is 37.5 Å². The monoisotopic (exact) mass is 279 g/mol. The van der Waals surface area contributed by atoms with Crippen molar-refractivity contribution in [2.24, 2.45) is 0 Å². The van der Waals surface area contributed by atoms with Gasteiger partial charge in [0.25, 0.3) is 5.91 Å². The van der Waals surface area contributed by atoms with E-state index < -0.39 is 5.69 Å². The standard InChI is InChI=1S/C11H13N5O2S/c1-6-12-7(5-19-6)8-3-2-4-16(8)10(17)9-13-11(18)15-14-9/h5,8H,2-4H2,1H3,(H2,13,14,15,18). The Bertz CT molecular complexity index is 658. The number of amides is 1. The van der Waals surface area contributed by atoms with Crippen LogP contribution in [0, 0.1) is 6.92 Å². The van der Waals surface area contributed by atoms with E-state index in [-0.39, 0.29) is 17.8 Å². The van der Waals surface area contributed by atoms with Gasteiger partial charge in [0.05, 0.1) is 16.7 Å². The van der Waals surface area contributed by atoms with Gasteiger partial charge >= 0.3 is 5.69 Å². The fourth-order valence-corrected chi connectivity index (χ4v) is 3.02. The van der Waals surface area contributed by atoms with E-state index in [1.807, 2.05) is 12.3 Å². The lowest BCUT2D eigenvalue weighted by Gasteiger charge is -2.22. The zero-order chi connectivity index (χ0) is 13.4. The van der Waals surface area contributed by atoms with Crippen LogP contribution in [0.2, 0.25) is 0 Å². The zero-order valence-electron chi connectivity index (χ0n) is 10.3. The van der Waals surface area contributed by atoms with Gasteiger partial charge in [0, 0.05) is 11.9 Å². The summed E-state index contributed by atoms with van der Waals surface area (Å²) >= 11 is 1.58. The van der Waals surface area contributed by atoms with Crippen molar-refractivity contribution in [1.29, 1.82) is 0 Å². The predicted molar refractivity (Wildman–Crippen MR) is 69.1 cm³/mol.